The number of aromatic nitrogens is 1. The maximum absolute atomic E-state index is 12.4. The molecule has 2 aromatic heterocycles. The van der Waals surface area contributed by atoms with Crippen LogP contribution in [0, 0.1) is 0 Å². The molecular weight excluding hydrogens is 316 g/mol. The van der Waals surface area contributed by atoms with Crippen LogP contribution < -0.4 is 5.32 Å². The van der Waals surface area contributed by atoms with Gasteiger partial charge < -0.3 is 9.73 Å². The van der Waals surface area contributed by atoms with Crippen molar-refractivity contribution >= 4 is 22.7 Å². The van der Waals surface area contributed by atoms with Crippen LogP contribution in [0.4, 0.5) is 0 Å². The molecule has 0 unspecified atom stereocenters. The monoisotopic (exact) mass is 334 g/mol. The first kappa shape index (κ1) is 15.6. The highest BCUT2D eigenvalue weighted by Gasteiger charge is 2.39. The number of fused-ring (bicyclic) bond motifs is 2. The number of hydrogen-bond donors (Lipinski definition) is 1. The summed E-state index contributed by atoms with van der Waals surface area (Å²) < 4.78 is 5.69. The Kier molecular flexibility index (Phi) is 3.46. The van der Waals surface area contributed by atoms with Crippen molar-refractivity contribution in [1.29, 1.82) is 0 Å². The zero-order valence-electron chi connectivity index (χ0n) is 14.1. The Morgan fingerprint density at radius 2 is 2.04 bits per heavy atom. The number of Topliss-reactive ketones (excluding diaryl/α,β-unsaturated/α-hetero) is 1. The molecule has 4 rings (SSSR count). The number of hydrogen-bond acceptors (Lipinski definition) is 4. The number of furan rings is 1. The quantitative estimate of drug-likeness (QED) is 0.798. The van der Waals surface area contributed by atoms with E-state index in [1.807, 2.05) is 50.2 Å². The van der Waals surface area contributed by atoms with E-state index < -0.39 is 5.41 Å². The van der Waals surface area contributed by atoms with Gasteiger partial charge in [-0.05, 0) is 37.6 Å². The van der Waals surface area contributed by atoms with Crippen molar-refractivity contribution < 1.29 is 14.0 Å². The second-order valence-corrected chi connectivity index (χ2v) is 6.85. The average Bonchev–Trinajstić information content (AvgIpc) is 3.11. The van der Waals surface area contributed by atoms with E-state index in [0.717, 1.165) is 16.5 Å². The predicted octanol–water partition coefficient (Wildman–Crippen LogP) is 3.16. The summed E-state index contributed by atoms with van der Waals surface area (Å²) in [7, 11) is 0. The first-order valence-corrected chi connectivity index (χ1v) is 8.24. The van der Waals surface area contributed by atoms with E-state index in [1.54, 1.807) is 6.07 Å². The number of pyridine rings is 1. The fourth-order valence-electron chi connectivity index (χ4n) is 3.24. The molecule has 0 bridgehead atoms. The lowest BCUT2D eigenvalue weighted by Gasteiger charge is -2.16. The number of amides is 1. The van der Waals surface area contributed by atoms with E-state index >= 15 is 0 Å². The van der Waals surface area contributed by atoms with Crippen LogP contribution in [0.1, 0.15) is 41.4 Å². The average molecular weight is 334 g/mol. The number of rotatable bonds is 3. The van der Waals surface area contributed by atoms with Crippen molar-refractivity contribution in [2.75, 3.05) is 0 Å². The van der Waals surface area contributed by atoms with Gasteiger partial charge in [-0.3, -0.25) is 9.59 Å². The summed E-state index contributed by atoms with van der Waals surface area (Å²) in [5.74, 6) is 0.544. The Labute approximate surface area is 145 Å². The topological polar surface area (TPSA) is 72.2 Å². The number of nitrogens with zero attached hydrogens (tertiary/aromatic N) is 1. The largest absolute Gasteiger partial charge is 0.459 e. The van der Waals surface area contributed by atoms with E-state index in [2.05, 4.69) is 10.3 Å². The fraction of sp³-hybridized carbons (Fsp3) is 0.250. The molecule has 1 aromatic carbocycles. The van der Waals surface area contributed by atoms with Crippen LogP contribution in [0.2, 0.25) is 0 Å². The number of carbonyl (C=O) groups is 2. The van der Waals surface area contributed by atoms with Crippen molar-refractivity contribution in [3.8, 4) is 0 Å². The minimum atomic E-state index is -0.522. The Morgan fingerprint density at radius 1 is 1.24 bits per heavy atom. The lowest BCUT2D eigenvalue weighted by molar-refractivity contribution is -0.121. The lowest BCUT2D eigenvalue weighted by Crippen LogP contribution is -2.25. The molecule has 1 N–H and O–H groups in total. The Hall–Kier alpha value is -2.95. The van der Waals surface area contributed by atoms with E-state index in [1.165, 1.54) is 0 Å². The molecule has 0 saturated carbocycles. The van der Waals surface area contributed by atoms with Crippen molar-refractivity contribution in [1.82, 2.24) is 10.3 Å². The van der Waals surface area contributed by atoms with Crippen molar-refractivity contribution in [2.45, 2.75) is 32.2 Å². The summed E-state index contributed by atoms with van der Waals surface area (Å²) in [5, 5.41) is 3.82. The number of benzene rings is 1. The van der Waals surface area contributed by atoms with Crippen LogP contribution in [0.25, 0.3) is 11.0 Å². The third-order valence-corrected chi connectivity index (χ3v) is 4.80. The highest BCUT2D eigenvalue weighted by Crippen LogP contribution is 2.34. The molecule has 0 saturated heterocycles. The smallest absolute Gasteiger partial charge is 0.270 e. The van der Waals surface area contributed by atoms with Gasteiger partial charge in [-0.1, -0.05) is 24.3 Å². The van der Waals surface area contributed by atoms with E-state index in [4.69, 9.17) is 4.42 Å². The number of para-hydroxylation sites is 1. The van der Waals surface area contributed by atoms with Gasteiger partial charge in [0, 0.05) is 11.8 Å². The van der Waals surface area contributed by atoms with E-state index in [-0.39, 0.29) is 24.7 Å². The predicted molar refractivity (Wildman–Crippen MR) is 93.4 cm³/mol. The molecule has 1 amide bonds. The summed E-state index contributed by atoms with van der Waals surface area (Å²) in [6.07, 6.45) is 0.285. The fourth-order valence-corrected chi connectivity index (χ4v) is 3.24. The highest BCUT2D eigenvalue weighted by atomic mass is 16.3. The number of ketones is 1. The molecule has 0 radical (unpaired) electrons. The Balaban J connectivity index is 1.50. The van der Waals surface area contributed by atoms with Gasteiger partial charge in [0.2, 0.25) is 0 Å². The molecule has 0 aliphatic heterocycles. The molecular formula is C20H18N2O3. The van der Waals surface area contributed by atoms with Gasteiger partial charge in [0.05, 0.1) is 17.7 Å². The summed E-state index contributed by atoms with van der Waals surface area (Å²) in [6.45, 7) is 4.07. The SMILES string of the molecule is CC1(C)C(=O)Cc2nc(C(=O)NCc3cc4ccccc4o3)ccc21. The van der Waals surface area contributed by atoms with E-state index in [9.17, 15) is 9.59 Å². The minimum absolute atomic E-state index is 0.134. The van der Waals surface area contributed by atoms with Crippen LogP contribution in [-0.2, 0) is 23.2 Å². The molecule has 0 fully saturated rings. The number of carbonyl (C=O) groups excluding carboxylic acids is 2. The molecule has 5 nitrogen and oxygen atoms in total. The van der Waals surface area contributed by atoms with Crippen molar-refractivity contribution in [3.63, 3.8) is 0 Å². The summed E-state index contributed by atoms with van der Waals surface area (Å²) in [6, 6.07) is 13.1. The molecule has 126 valence electrons. The van der Waals surface area contributed by atoms with Crippen LogP contribution >= 0.6 is 0 Å². The van der Waals surface area contributed by atoms with Gasteiger partial charge in [-0.15, -0.1) is 0 Å². The molecule has 5 heteroatoms. The molecule has 0 spiro atoms. The van der Waals surface area contributed by atoms with Crippen LogP contribution in [-0.4, -0.2) is 16.7 Å². The minimum Gasteiger partial charge on any atom is -0.459 e. The third kappa shape index (κ3) is 2.61. The molecule has 3 aromatic rings. The summed E-state index contributed by atoms with van der Waals surface area (Å²) in [4.78, 5) is 28.8. The lowest BCUT2D eigenvalue weighted by atomic mass is 9.86. The van der Waals surface area contributed by atoms with Gasteiger partial charge in [-0.25, -0.2) is 4.98 Å². The highest BCUT2D eigenvalue weighted by molar-refractivity contribution is 5.97. The molecule has 1 aliphatic carbocycles. The Bertz CT molecular complexity index is 968. The second kappa shape index (κ2) is 5.55. The zero-order chi connectivity index (χ0) is 17.6. The third-order valence-electron chi connectivity index (χ3n) is 4.80. The number of nitrogens with one attached hydrogen (secondary N) is 1. The zero-order valence-corrected chi connectivity index (χ0v) is 14.1. The maximum Gasteiger partial charge on any atom is 0.270 e. The summed E-state index contributed by atoms with van der Waals surface area (Å²) in [5.41, 5.74) is 2.20. The second-order valence-electron chi connectivity index (χ2n) is 6.85. The van der Waals surface area contributed by atoms with Crippen LogP contribution in [0.3, 0.4) is 0 Å². The Morgan fingerprint density at radius 3 is 2.84 bits per heavy atom. The first-order chi connectivity index (χ1) is 11.9. The van der Waals surface area contributed by atoms with Gasteiger partial charge in [0.1, 0.15) is 22.8 Å². The molecule has 1 aliphatic rings. The van der Waals surface area contributed by atoms with Crippen molar-refractivity contribution in [2.24, 2.45) is 0 Å². The van der Waals surface area contributed by atoms with Gasteiger partial charge in [0.25, 0.3) is 5.91 Å². The van der Waals surface area contributed by atoms with Crippen LogP contribution in [0.15, 0.2) is 46.9 Å². The van der Waals surface area contributed by atoms with Gasteiger partial charge >= 0.3 is 0 Å². The first-order valence-electron chi connectivity index (χ1n) is 8.24. The van der Waals surface area contributed by atoms with Gasteiger partial charge in [0.15, 0.2) is 0 Å². The molecule has 0 atom stereocenters. The van der Waals surface area contributed by atoms with Crippen molar-refractivity contribution in [3.05, 3.63) is 65.2 Å². The summed E-state index contributed by atoms with van der Waals surface area (Å²) >= 11 is 0. The maximum atomic E-state index is 12.4. The molecule has 2 heterocycles. The normalized spacial score (nSPS) is 15.4. The van der Waals surface area contributed by atoms with Crippen LogP contribution in [0.5, 0.6) is 0 Å². The standard InChI is InChI=1S/C20H18N2O3/c1-20(2)14-7-8-15(22-16(14)10-18(20)23)19(24)21-11-13-9-12-5-3-4-6-17(12)25-13/h3-9H,10-11H2,1-2H3,(H,21,24). The van der Waals surface area contributed by atoms with Gasteiger partial charge in [-0.2, -0.15) is 0 Å². The molecule has 25 heavy (non-hydrogen) atoms. The van der Waals surface area contributed by atoms with E-state index in [0.29, 0.717) is 17.1 Å².